The van der Waals surface area contributed by atoms with Crippen molar-refractivity contribution in [3.8, 4) is 5.75 Å². The summed E-state index contributed by atoms with van der Waals surface area (Å²) in [5, 5.41) is 17.5. The van der Waals surface area contributed by atoms with E-state index in [1.165, 1.54) is 24.1 Å². The summed E-state index contributed by atoms with van der Waals surface area (Å²) < 4.78 is 5.91. The zero-order chi connectivity index (χ0) is 20.4. The molecule has 1 aromatic rings. The van der Waals surface area contributed by atoms with Gasteiger partial charge in [-0.1, -0.05) is 12.1 Å². The lowest BCUT2D eigenvalue weighted by Crippen LogP contribution is -2.21. The van der Waals surface area contributed by atoms with Crippen molar-refractivity contribution in [2.75, 3.05) is 0 Å². The van der Waals surface area contributed by atoms with Gasteiger partial charge in [0.2, 0.25) is 5.91 Å². The van der Waals surface area contributed by atoms with Gasteiger partial charge in [-0.25, -0.2) is 0 Å². The Hall–Kier alpha value is -2.50. The van der Waals surface area contributed by atoms with Crippen LogP contribution in [0.4, 0.5) is 0 Å². The van der Waals surface area contributed by atoms with E-state index in [1.54, 1.807) is 12.1 Å². The Kier molecular flexibility index (Phi) is 8.85. The molecule has 4 N–H and O–H groups in total. The van der Waals surface area contributed by atoms with Crippen LogP contribution in [0.15, 0.2) is 35.6 Å². The number of amides is 1. The SMILES string of the molecule is CC(C)(C)OC(CCCC(=O)O)=C1CCC1.NC(=O)Cc1ccc(O)cc1. The number of hydrogen-bond acceptors (Lipinski definition) is 4. The molecule has 0 heterocycles. The molecule has 1 saturated carbocycles. The first kappa shape index (κ1) is 22.5. The second-order valence-electron chi connectivity index (χ2n) is 7.65. The fourth-order valence-electron chi connectivity index (χ4n) is 2.52. The average molecular weight is 377 g/mol. The molecule has 27 heavy (non-hydrogen) atoms. The highest BCUT2D eigenvalue weighted by Crippen LogP contribution is 2.33. The van der Waals surface area contributed by atoms with E-state index in [9.17, 15) is 9.59 Å². The van der Waals surface area contributed by atoms with Crippen molar-refractivity contribution in [2.45, 2.75) is 71.3 Å². The van der Waals surface area contributed by atoms with Crippen LogP contribution in [0.1, 0.15) is 64.9 Å². The number of rotatable bonds is 7. The molecule has 0 saturated heterocycles. The van der Waals surface area contributed by atoms with Crippen LogP contribution in [0.3, 0.4) is 0 Å². The molecule has 1 aliphatic rings. The van der Waals surface area contributed by atoms with Gasteiger partial charge in [0.1, 0.15) is 11.4 Å². The number of aromatic hydroxyl groups is 1. The number of carboxylic acid groups (broad SMARTS) is 1. The molecule has 0 aliphatic heterocycles. The highest BCUT2D eigenvalue weighted by Gasteiger charge is 2.20. The quantitative estimate of drug-likeness (QED) is 0.624. The molecule has 0 aromatic heterocycles. The van der Waals surface area contributed by atoms with Gasteiger partial charge in [-0.05, 0) is 69.7 Å². The third-order valence-corrected chi connectivity index (χ3v) is 3.89. The standard InChI is InChI=1S/C13H22O3.C8H9NO2/c1-13(2,3)16-11(10-6-4-7-10)8-5-9-12(14)15;9-8(11)5-6-1-3-7(10)4-2-6/h4-9H2,1-3H3,(H,14,15);1-4,10H,5H2,(H2,9,11). The maximum Gasteiger partial charge on any atom is 0.303 e. The van der Waals surface area contributed by atoms with Gasteiger partial charge in [-0.2, -0.15) is 0 Å². The molecule has 0 spiro atoms. The van der Waals surface area contributed by atoms with Gasteiger partial charge in [0.05, 0.1) is 12.2 Å². The number of hydrogen-bond donors (Lipinski definition) is 3. The summed E-state index contributed by atoms with van der Waals surface area (Å²) in [6.45, 7) is 6.09. The first-order valence-corrected chi connectivity index (χ1v) is 9.25. The minimum atomic E-state index is -0.728. The fraction of sp³-hybridized carbons (Fsp3) is 0.524. The van der Waals surface area contributed by atoms with Crippen LogP contribution < -0.4 is 5.73 Å². The molecule has 1 fully saturated rings. The first-order chi connectivity index (χ1) is 12.6. The van der Waals surface area contributed by atoms with Crippen molar-refractivity contribution in [3.05, 3.63) is 41.2 Å². The molecule has 0 atom stereocenters. The van der Waals surface area contributed by atoms with E-state index in [0.29, 0.717) is 6.42 Å². The molecule has 1 aliphatic carbocycles. The third-order valence-electron chi connectivity index (χ3n) is 3.89. The number of carbonyl (C=O) groups is 2. The largest absolute Gasteiger partial charge is 0.508 e. The van der Waals surface area contributed by atoms with Gasteiger partial charge in [0.25, 0.3) is 0 Å². The predicted molar refractivity (Wildman–Crippen MR) is 104 cm³/mol. The zero-order valence-electron chi connectivity index (χ0n) is 16.5. The Bertz CT molecular complexity index is 650. The fourth-order valence-corrected chi connectivity index (χ4v) is 2.52. The van der Waals surface area contributed by atoms with Crippen LogP contribution >= 0.6 is 0 Å². The van der Waals surface area contributed by atoms with Gasteiger partial charge in [-0.3, -0.25) is 9.59 Å². The summed E-state index contributed by atoms with van der Waals surface area (Å²) in [6.07, 6.45) is 5.37. The van der Waals surface area contributed by atoms with Gasteiger partial charge in [0, 0.05) is 12.8 Å². The van der Waals surface area contributed by atoms with Crippen molar-refractivity contribution in [1.29, 1.82) is 0 Å². The van der Waals surface area contributed by atoms with Crippen molar-refractivity contribution in [1.82, 2.24) is 0 Å². The number of primary amides is 1. The van der Waals surface area contributed by atoms with Gasteiger partial charge >= 0.3 is 5.97 Å². The Morgan fingerprint density at radius 3 is 2.11 bits per heavy atom. The van der Waals surface area contributed by atoms with E-state index in [-0.39, 0.29) is 30.1 Å². The Morgan fingerprint density at radius 1 is 1.11 bits per heavy atom. The highest BCUT2D eigenvalue weighted by atomic mass is 16.5. The molecule has 0 bridgehead atoms. The second-order valence-corrected chi connectivity index (χ2v) is 7.65. The number of aliphatic carboxylic acids is 1. The van der Waals surface area contributed by atoms with Crippen molar-refractivity contribution in [2.24, 2.45) is 5.73 Å². The minimum absolute atomic E-state index is 0.179. The number of carboxylic acids is 1. The van der Waals surface area contributed by atoms with Crippen molar-refractivity contribution < 1.29 is 24.5 Å². The molecule has 150 valence electrons. The van der Waals surface area contributed by atoms with E-state index in [2.05, 4.69) is 0 Å². The summed E-state index contributed by atoms with van der Waals surface area (Å²) in [5.74, 6) is 0.141. The van der Waals surface area contributed by atoms with Gasteiger partial charge < -0.3 is 20.7 Å². The first-order valence-electron chi connectivity index (χ1n) is 9.25. The van der Waals surface area contributed by atoms with E-state index in [1.807, 2.05) is 20.8 Å². The average Bonchev–Trinajstić information content (AvgIpc) is 2.46. The molecule has 0 unspecified atom stereocenters. The topological polar surface area (TPSA) is 110 Å². The monoisotopic (exact) mass is 377 g/mol. The Labute approximate surface area is 161 Å². The zero-order valence-corrected chi connectivity index (χ0v) is 16.5. The third kappa shape index (κ3) is 10.3. The normalized spacial score (nSPS) is 13.1. The molecular weight excluding hydrogens is 346 g/mol. The predicted octanol–water partition coefficient (Wildman–Crippen LogP) is 3.91. The van der Waals surface area contributed by atoms with E-state index in [0.717, 1.165) is 30.6 Å². The van der Waals surface area contributed by atoms with Crippen LogP contribution in [0, 0.1) is 0 Å². The maximum absolute atomic E-state index is 10.5. The summed E-state index contributed by atoms with van der Waals surface area (Å²) >= 11 is 0. The molecule has 2 rings (SSSR count). The van der Waals surface area contributed by atoms with Crippen molar-refractivity contribution >= 4 is 11.9 Å². The highest BCUT2D eigenvalue weighted by molar-refractivity contribution is 5.76. The van der Waals surface area contributed by atoms with Crippen molar-refractivity contribution in [3.63, 3.8) is 0 Å². The van der Waals surface area contributed by atoms with Crippen LogP contribution in [-0.4, -0.2) is 27.7 Å². The number of benzene rings is 1. The molecule has 1 aromatic carbocycles. The molecule has 6 nitrogen and oxygen atoms in total. The van der Waals surface area contributed by atoms with Crippen LogP contribution in [0.2, 0.25) is 0 Å². The summed E-state index contributed by atoms with van der Waals surface area (Å²) in [7, 11) is 0. The molecule has 6 heteroatoms. The second kappa shape index (κ2) is 10.6. The Morgan fingerprint density at radius 2 is 1.70 bits per heavy atom. The number of ether oxygens (including phenoxy) is 1. The van der Waals surface area contributed by atoms with Crippen LogP contribution in [-0.2, 0) is 20.7 Å². The lowest BCUT2D eigenvalue weighted by atomic mass is 9.89. The molecule has 1 amide bonds. The number of phenols is 1. The van der Waals surface area contributed by atoms with Gasteiger partial charge in [0.15, 0.2) is 0 Å². The lowest BCUT2D eigenvalue weighted by Gasteiger charge is -2.29. The number of nitrogens with two attached hydrogens (primary N) is 1. The number of phenolic OH excluding ortho intramolecular Hbond substituents is 1. The smallest absolute Gasteiger partial charge is 0.303 e. The summed E-state index contributed by atoms with van der Waals surface area (Å²) in [5.41, 5.74) is 6.99. The Balaban J connectivity index is 0.000000289. The molecule has 0 radical (unpaired) electrons. The van der Waals surface area contributed by atoms with E-state index in [4.69, 9.17) is 20.7 Å². The van der Waals surface area contributed by atoms with E-state index < -0.39 is 5.97 Å². The maximum atomic E-state index is 10.5. The summed E-state index contributed by atoms with van der Waals surface area (Å²) in [6, 6.07) is 6.39. The van der Waals surface area contributed by atoms with Crippen LogP contribution in [0.25, 0.3) is 0 Å². The minimum Gasteiger partial charge on any atom is -0.508 e. The summed E-state index contributed by atoms with van der Waals surface area (Å²) in [4.78, 5) is 20.9. The lowest BCUT2D eigenvalue weighted by molar-refractivity contribution is -0.137. The van der Waals surface area contributed by atoms with Crippen LogP contribution in [0.5, 0.6) is 5.75 Å². The molecular formula is C21H31NO5. The number of allylic oxidation sites excluding steroid dienone is 2. The van der Waals surface area contributed by atoms with E-state index >= 15 is 0 Å². The number of carbonyl (C=O) groups excluding carboxylic acids is 1. The van der Waals surface area contributed by atoms with Gasteiger partial charge in [-0.15, -0.1) is 0 Å².